The third-order valence-corrected chi connectivity index (χ3v) is 3.58. The first-order valence-electron chi connectivity index (χ1n) is 7.85. The molecular weight excluding hydrogens is 389 g/mol. The van der Waals surface area contributed by atoms with E-state index in [4.69, 9.17) is 0 Å². The molecule has 150 valence electrons. The molecule has 28 heavy (non-hydrogen) atoms. The number of nitro benzene ring substituents is 1. The molecule has 0 saturated heterocycles. The smallest absolute Gasteiger partial charge is 0.416 e. The van der Waals surface area contributed by atoms with E-state index < -0.39 is 29.0 Å². The Hall–Kier alpha value is -3.24. The number of nitrogens with zero attached hydrogens (tertiary/aromatic N) is 2. The maximum absolute atomic E-state index is 12.7. The molecule has 0 spiro atoms. The van der Waals surface area contributed by atoms with Crippen molar-refractivity contribution in [2.75, 3.05) is 5.43 Å². The van der Waals surface area contributed by atoms with E-state index in [1.165, 1.54) is 24.3 Å². The summed E-state index contributed by atoms with van der Waals surface area (Å²) in [6.07, 6.45) is -4.36. The molecule has 0 aromatic heterocycles. The van der Waals surface area contributed by atoms with Crippen molar-refractivity contribution in [1.82, 2.24) is 0 Å². The van der Waals surface area contributed by atoms with Crippen LogP contribution in [0.4, 0.5) is 33.3 Å². The largest absolute Gasteiger partial charge is 0.435 e. The SMILES string of the molecule is CC/C(=N/Nc1ccc(C(F)(F)F)cc1[N+](=O)[O-])c1ccc(OC(F)F)cc1. The summed E-state index contributed by atoms with van der Waals surface area (Å²) in [5, 5.41) is 15.1. The first-order chi connectivity index (χ1) is 13.1. The Labute approximate surface area is 155 Å². The highest BCUT2D eigenvalue weighted by molar-refractivity contribution is 6.00. The molecule has 0 atom stereocenters. The van der Waals surface area contributed by atoms with Gasteiger partial charge in [0.15, 0.2) is 0 Å². The van der Waals surface area contributed by atoms with Crippen molar-refractivity contribution in [1.29, 1.82) is 0 Å². The molecule has 6 nitrogen and oxygen atoms in total. The summed E-state index contributed by atoms with van der Waals surface area (Å²) in [6, 6.07) is 7.55. The summed E-state index contributed by atoms with van der Waals surface area (Å²) in [5.74, 6) is -0.0551. The Bertz CT molecular complexity index is 867. The van der Waals surface area contributed by atoms with Gasteiger partial charge < -0.3 is 4.74 Å². The summed E-state index contributed by atoms with van der Waals surface area (Å²) < 4.78 is 66.8. The van der Waals surface area contributed by atoms with Gasteiger partial charge in [0, 0.05) is 6.07 Å². The van der Waals surface area contributed by atoms with Gasteiger partial charge in [0.05, 0.1) is 16.2 Å². The summed E-state index contributed by atoms with van der Waals surface area (Å²) in [4.78, 5) is 10.1. The van der Waals surface area contributed by atoms with E-state index in [2.05, 4.69) is 15.3 Å². The Balaban J connectivity index is 2.28. The number of hydrogen-bond donors (Lipinski definition) is 1. The van der Waals surface area contributed by atoms with Crippen LogP contribution < -0.4 is 10.2 Å². The molecule has 2 rings (SSSR count). The number of rotatable bonds is 7. The second-order valence-corrected chi connectivity index (χ2v) is 5.41. The standard InChI is InChI=1S/C17H14F5N3O3/c1-2-13(10-3-6-12(7-4-10)28-16(18)19)23-24-14-8-5-11(17(20,21)22)9-15(14)25(26)27/h3-9,16,24H,2H2,1H3/b23-13-. The zero-order valence-corrected chi connectivity index (χ0v) is 14.3. The zero-order chi connectivity index (χ0) is 20.9. The lowest BCUT2D eigenvalue weighted by Gasteiger charge is -2.10. The number of alkyl halides is 5. The van der Waals surface area contributed by atoms with Gasteiger partial charge >= 0.3 is 12.8 Å². The second kappa shape index (κ2) is 8.63. The van der Waals surface area contributed by atoms with Gasteiger partial charge in [-0.25, -0.2) is 0 Å². The van der Waals surface area contributed by atoms with Gasteiger partial charge in [-0.3, -0.25) is 15.5 Å². The maximum Gasteiger partial charge on any atom is 0.416 e. The Morgan fingerprint density at radius 3 is 2.36 bits per heavy atom. The monoisotopic (exact) mass is 403 g/mol. The number of nitrogens with one attached hydrogen (secondary N) is 1. The van der Waals surface area contributed by atoms with E-state index in [1.54, 1.807) is 6.92 Å². The fourth-order valence-corrected chi connectivity index (χ4v) is 2.26. The molecule has 0 amide bonds. The van der Waals surface area contributed by atoms with Crippen molar-refractivity contribution < 1.29 is 31.6 Å². The third-order valence-electron chi connectivity index (χ3n) is 3.58. The molecule has 0 aliphatic carbocycles. The Morgan fingerprint density at radius 1 is 1.21 bits per heavy atom. The van der Waals surface area contributed by atoms with Gasteiger partial charge in [-0.05, 0) is 48.4 Å². The van der Waals surface area contributed by atoms with E-state index in [0.29, 0.717) is 29.8 Å². The van der Waals surface area contributed by atoms with Crippen molar-refractivity contribution in [3.05, 3.63) is 63.7 Å². The lowest BCUT2D eigenvalue weighted by atomic mass is 10.1. The van der Waals surface area contributed by atoms with E-state index in [1.807, 2.05) is 0 Å². The van der Waals surface area contributed by atoms with Crippen molar-refractivity contribution >= 4 is 17.1 Å². The lowest BCUT2D eigenvalue weighted by Crippen LogP contribution is -2.08. The number of ether oxygens (including phenoxy) is 1. The van der Waals surface area contributed by atoms with Crippen LogP contribution in [-0.4, -0.2) is 17.2 Å². The van der Waals surface area contributed by atoms with Crippen molar-refractivity contribution in [3.63, 3.8) is 0 Å². The van der Waals surface area contributed by atoms with Gasteiger partial charge in [-0.2, -0.15) is 27.1 Å². The van der Waals surface area contributed by atoms with E-state index in [9.17, 15) is 32.1 Å². The molecule has 0 saturated carbocycles. The predicted octanol–water partition coefficient (Wildman–Crippen LogP) is 5.44. The lowest BCUT2D eigenvalue weighted by molar-refractivity contribution is -0.384. The number of benzene rings is 2. The molecule has 11 heteroatoms. The van der Waals surface area contributed by atoms with Gasteiger partial charge in [0.1, 0.15) is 11.4 Å². The highest BCUT2D eigenvalue weighted by Gasteiger charge is 2.33. The molecule has 0 aliphatic heterocycles. The van der Waals surface area contributed by atoms with Crippen LogP contribution in [0, 0.1) is 10.1 Å². The topological polar surface area (TPSA) is 76.8 Å². The van der Waals surface area contributed by atoms with Gasteiger partial charge in [-0.15, -0.1) is 0 Å². The molecule has 0 unspecified atom stereocenters. The van der Waals surface area contributed by atoms with E-state index >= 15 is 0 Å². The van der Waals surface area contributed by atoms with Gasteiger partial charge in [0.2, 0.25) is 0 Å². The summed E-state index contributed by atoms with van der Waals surface area (Å²) in [5.41, 5.74) is 1.16. The van der Waals surface area contributed by atoms with Crippen LogP contribution in [0.1, 0.15) is 24.5 Å². The van der Waals surface area contributed by atoms with Crippen molar-refractivity contribution in [2.45, 2.75) is 26.1 Å². The minimum Gasteiger partial charge on any atom is -0.435 e. The van der Waals surface area contributed by atoms with E-state index in [0.717, 1.165) is 6.07 Å². The van der Waals surface area contributed by atoms with Crippen LogP contribution in [0.25, 0.3) is 0 Å². The predicted molar refractivity (Wildman–Crippen MR) is 91.6 cm³/mol. The number of hydrazone groups is 1. The number of nitro groups is 1. The highest BCUT2D eigenvalue weighted by atomic mass is 19.4. The normalized spacial score (nSPS) is 12.2. The molecule has 2 aromatic rings. The summed E-state index contributed by atoms with van der Waals surface area (Å²) in [6.45, 7) is -1.24. The summed E-state index contributed by atoms with van der Waals surface area (Å²) >= 11 is 0. The fraction of sp³-hybridized carbons (Fsp3) is 0.235. The number of hydrogen-bond acceptors (Lipinski definition) is 5. The summed E-state index contributed by atoms with van der Waals surface area (Å²) in [7, 11) is 0. The number of halogens is 5. The Kier molecular flexibility index (Phi) is 6.49. The second-order valence-electron chi connectivity index (χ2n) is 5.41. The maximum atomic E-state index is 12.7. The molecule has 0 fully saturated rings. The molecule has 1 N–H and O–H groups in total. The average molecular weight is 403 g/mol. The minimum atomic E-state index is -4.72. The van der Waals surface area contributed by atoms with Crippen LogP contribution in [0.15, 0.2) is 47.6 Å². The van der Waals surface area contributed by atoms with Crippen LogP contribution >= 0.6 is 0 Å². The van der Waals surface area contributed by atoms with Gasteiger partial charge in [0.25, 0.3) is 5.69 Å². The molecule has 0 bridgehead atoms. The number of anilines is 1. The average Bonchev–Trinajstić information content (AvgIpc) is 2.62. The quantitative estimate of drug-likeness (QED) is 0.289. The zero-order valence-electron chi connectivity index (χ0n) is 14.3. The Morgan fingerprint density at radius 2 is 1.86 bits per heavy atom. The molecule has 0 aliphatic rings. The molecule has 0 heterocycles. The van der Waals surface area contributed by atoms with Crippen molar-refractivity contribution in [2.24, 2.45) is 5.10 Å². The highest BCUT2D eigenvalue weighted by Crippen LogP contribution is 2.35. The van der Waals surface area contributed by atoms with E-state index in [-0.39, 0.29) is 11.4 Å². The van der Waals surface area contributed by atoms with Crippen LogP contribution in [-0.2, 0) is 6.18 Å². The van der Waals surface area contributed by atoms with Crippen LogP contribution in [0.2, 0.25) is 0 Å². The van der Waals surface area contributed by atoms with Gasteiger partial charge in [-0.1, -0.05) is 6.92 Å². The third kappa shape index (κ3) is 5.38. The van der Waals surface area contributed by atoms with Crippen molar-refractivity contribution in [3.8, 4) is 5.75 Å². The first kappa shape index (κ1) is 21.1. The first-order valence-corrected chi connectivity index (χ1v) is 7.85. The fourth-order valence-electron chi connectivity index (χ4n) is 2.26. The molecule has 2 aromatic carbocycles. The van der Waals surface area contributed by atoms with Crippen LogP contribution in [0.3, 0.4) is 0 Å². The minimum absolute atomic E-state index is 0.0551. The van der Waals surface area contributed by atoms with Crippen LogP contribution in [0.5, 0.6) is 5.75 Å². The molecular formula is C17H14F5N3O3. The molecule has 0 radical (unpaired) electrons.